The number of methoxy groups -OCH3 is 1. The fourth-order valence-electron chi connectivity index (χ4n) is 4.51. The van der Waals surface area contributed by atoms with Crippen LogP contribution in [0.1, 0.15) is 17.5 Å². The van der Waals surface area contributed by atoms with Gasteiger partial charge in [0.05, 0.1) is 13.7 Å². The molecule has 0 amide bonds. The highest BCUT2D eigenvalue weighted by Crippen LogP contribution is 2.22. The topological polar surface area (TPSA) is 34.2 Å². The van der Waals surface area contributed by atoms with Crippen molar-refractivity contribution in [1.82, 2.24) is 9.80 Å². The van der Waals surface area contributed by atoms with Gasteiger partial charge in [-0.25, -0.2) is 0 Å². The molecule has 1 fully saturated rings. The molecular formula is C30H37ClN2O3. The molecule has 192 valence electrons. The molecule has 4 rings (SSSR count). The number of piperazine rings is 1. The van der Waals surface area contributed by atoms with Gasteiger partial charge in [-0.15, -0.1) is 0 Å². The molecule has 5 nitrogen and oxygen atoms in total. The smallest absolute Gasteiger partial charge is 0.122 e. The summed E-state index contributed by atoms with van der Waals surface area (Å²) in [4.78, 5) is 5.00. The van der Waals surface area contributed by atoms with Gasteiger partial charge in [-0.05, 0) is 66.8 Å². The van der Waals surface area contributed by atoms with Crippen molar-refractivity contribution in [3.63, 3.8) is 0 Å². The number of ether oxygens (including phenoxy) is 3. The lowest BCUT2D eigenvalue weighted by atomic mass is 10.0. The Hall–Kier alpha value is -2.73. The molecule has 1 aliphatic rings. The molecule has 0 aliphatic carbocycles. The monoisotopic (exact) mass is 508 g/mol. The molecule has 0 aromatic heterocycles. The van der Waals surface area contributed by atoms with Crippen molar-refractivity contribution in [3.8, 4) is 17.2 Å². The van der Waals surface area contributed by atoms with Crippen LogP contribution in [-0.2, 0) is 12.8 Å². The molecule has 0 N–H and O–H groups in total. The van der Waals surface area contributed by atoms with Gasteiger partial charge >= 0.3 is 0 Å². The first-order valence-electron chi connectivity index (χ1n) is 12.9. The summed E-state index contributed by atoms with van der Waals surface area (Å²) in [5.41, 5.74) is 2.54. The van der Waals surface area contributed by atoms with Crippen LogP contribution in [0.2, 0.25) is 5.02 Å². The molecule has 0 saturated carbocycles. The van der Waals surface area contributed by atoms with Crippen LogP contribution in [-0.4, -0.2) is 69.4 Å². The summed E-state index contributed by atoms with van der Waals surface area (Å²) < 4.78 is 17.4. The van der Waals surface area contributed by atoms with E-state index in [-0.39, 0.29) is 0 Å². The molecule has 36 heavy (non-hydrogen) atoms. The molecular weight excluding hydrogens is 472 g/mol. The zero-order valence-electron chi connectivity index (χ0n) is 21.2. The highest BCUT2D eigenvalue weighted by Gasteiger charge is 2.16. The average Bonchev–Trinajstić information content (AvgIpc) is 2.91. The minimum absolute atomic E-state index is 0.686. The van der Waals surface area contributed by atoms with E-state index < -0.39 is 0 Å². The molecule has 1 heterocycles. The highest BCUT2D eigenvalue weighted by molar-refractivity contribution is 6.30. The fraction of sp³-hybridized carbons (Fsp3) is 0.400. The lowest BCUT2D eigenvalue weighted by Gasteiger charge is -2.34. The summed E-state index contributed by atoms with van der Waals surface area (Å²) in [5, 5.41) is 0.710. The summed E-state index contributed by atoms with van der Waals surface area (Å²) in [6.45, 7) is 7.77. The second-order valence-corrected chi connectivity index (χ2v) is 9.59. The largest absolute Gasteiger partial charge is 0.497 e. The Morgan fingerprint density at radius 3 is 2.28 bits per heavy atom. The van der Waals surface area contributed by atoms with Gasteiger partial charge in [0.1, 0.15) is 23.9 Å². The second-order valence-electron chi connectivity index (χ2n) is 9.15. The molecule has 0 unspecified atom stereocenters. The van der Waals surface area contributed by atoms with Crippen molar-refractivity contribution in [2.24, 2.45) is 0 Å². The number of benzene rings is 3. The first-order chi connectivity index (χ1) is 17.7. The third-order valence-corrected chi connectivity index (χ3v) is 6.84. The van der Waals surface area contributed by atoms with Crippen LogP contribution >= 0.6 is 11.6 Å². The molecule has 0 bridgehead atoms. The Bertz CT molecular complexity index is 1070. The number of halogens is 1. The Kier molecular flexibility index (Phi) is 10.3. The molecule has 1 aliphatic heterocycles. The maximum atomic E-state index is 6.20. The van der Waals surface area contributed by atoms with Crippen molar-refractivity contribution >= 4 is 11.6 Å². The van der Waals surface area contributed by atoms with Gasteiger partial charge in [-0.2, -0.15) is 0 Å². The third kappa shape index (κ3) is 8.44. The van der Waals surface area contributed by atoms with E-state index >= 15 is 0 Å². The normalized spacial score (nSPS) is 14.5. The number of rotatable bonds is 13. The van der Waals surface area contributed by atoms with Crippen LogP contribution in [0.3, 0.4) is 0 Å². The van der Waals surface area contributed by atoms with Crippen LogP contribution in [0.5, 0.6) is 17.2 Å². The van der Waals surface area contributed by atoms with Gasteiger partial charge < -0.3 is 19.1 Å². The van der Waals surface area contributed by atoms with E-state index in [0.29, 0.717) is 11.6 Å². The molecule has 0 radical (unpaired) electrons. The van der Waals surface area contributed by atoms with Crippen molar-refractivity contribution in [3.05, 3.63) is 88.9 Å². The quantitative estimate of drug-likeness (QED) is 0.281. The first kappa shape index (κ1) is 26.3. The lowest BCUT2D eigenvalue weighted by Crippen LogP contribution is -2.47. The zero-order chi connectivity index (χ0) is 25.0. The minimum Gasteiger partial charge on any atom is -0.497 e. The molecule has 1 saturated heterocycles. The van der Waals surface area contributed by atoms with Crippen LogP contribution in [0.4, 0.5) is 0 Å². The number of hydrogen-bond acceptors (Lipinski definition) is 5. The van der Waals surface area contributed by atoms with E-state index in [1.807, 2.05) is 36.4 Å². The van der Waals surface area contributed by atoms with Gasteiger partial charge in [-0.3, -0.25) is 4.90 Å². The lowest BCUT2D eigenvalue weighted by molar-refractivity contribution is 0.112. The molecule has 0 atom stereocenters. The number of nitrogens with zero attached hydrogens (tertiary/aromatic N) is 2. The van der Waals surface area contributed by atoms with Crippen molar-refractivity contribution in [2.75, 3.05) is 59.6 Å². The zero-order valence-corrected chi connectivity index (χ0v) is 22.0. The van der Waals surface area contributed by atoms with Gasteiger partial charge in [0, 0.05) is 44.3 Å². The second kappa shape index (κ2) is 14.1. The SMILES string of the molecule is COc1cccc(CCc2ccccc2OCCCN2CCN(CCOc3cccc(Cl)c3)CC2)c1. The van der Waals surface area contributed by atoms with Crippen molar-refractivity contribution in [1.29, 1.82) is 0 Å². The van der Waals surface area contributed by atoms with Gasteiger partial charge in [0.25, 0.3) is 0 Å². The number of para-hydroxylation sites is 1. The van der Waals surface area contributed by atoms with Crippen LogP contribution in [0.15, 0.2) is 72.8 Å². The molecule has 6 heteroatoms. The van der Waals surface area contributed by atoms with Gasteiger partial charge in [-0.1, -0.05) is 48.0 Å². The average molecular weight is 509 g/mol. The Labute approximate surface area is 220 Å². The van der Waals surface area contributed by atoms with E-state index in [1.54, 1.807) is 7.11 Å². The molecule has 3 aromatic rings. The van der Waals surface area contributed by atoms with Gasteiger partial charge in [0.2, 0.25) is 0 Å². The van der Waals surface area contributed by atoms with Crippen molar-refractivity contribution in [2.45, 2.75) is 19.3 Å². The number of hydrogen-bond donors (Lipinski definition) is 0. The van der Waals surface area contributed by atoms with Crippen molar-refractivity contribution < 1.29 is 14.2 Å². The highest BCUT2D eigenvalue weighted by atomic mass is 35.5. The molecule has 3 aromatic carbocycles. The fourth-order valence-corrected chi connectivity index (χ4v) is 4.69. The van der Waals surface area contributed by atoms with E-state index in [2.05, 4.69) is 46.2 Å². The third-order valence-electron chi connectivity index (χ3n) is 6.60. The predicted octanol–water partition coefficient (Wildman–Crippen LogP) is 5.60. The molecule has 0 spiro atoms. The summed E-state index contributed by atoms with van der Waals surface area (Å²) in [6, 6.07) is 24.3. The van der Waals surface area contributed by atoms with Gasteiger partial charge in [0.15, 0.2) is 0 Å². The van der Waals surface area contributed by atoms with E-state index in [1.165, 1.54) is 11.1 Å². The minimum atomic E-state index is 0.686. The first-order valence-corrected chi connectivity index (χ1v) is 13.2. The van der Waals surface area contributed by atoms with Crippen LogP contribution in [0, 0.1) is 0 Å². The summed E-state index contributed by atoms with van der Waals surface area (Å²) >= 11 is 6.02. The van der Waals surface area contributed by atoms with Crippen LogP contribution in [0.25, 0.3) is 0 Å². The Balaban J connectivity index is 1.11. The maximum Gasteiger partial charge on any atom is 0.122 e. The predicted molar refractivity (Wildman–Crippen MR) is 147 cm³/mol. The maximum absolute atomic E-state index is 6.20. The summed E-state index contributed by atoms with van der Waals surface area (Å²) in [5.74, 6) is 2.75. The van der Waals surface area contributed by atoms with Crippen LogP contribution < -0.4 is 14.2 Å². The standard InChI is InChI=1S/C30H37ClN2O3/c1-34-28-10-4-7-25(23-28)13-14-26-8-2-3-12-30(26)36-21-6-15-32-16-18-33(19-17-32)20-22-35-29-11-5-9-27(31)24-29/h2-5,7-12,23-24H,6,13-22H2,1H3. The summed E-state index contributed by atoms with van der Waals surface area (Å²) in [6.07, 6.45) is 2.94. The van der Waals surface area contributed by atoms with E-state index in [9.17, 15) is 0 Å². The van der Waals surface area contributed by atoms with E-state index in [4.69, 9.17) is 25.8 Å². The summed E-state index contributed by atoms with van der Waals surface area (Å²) in [7, 11) is 1.71. The van der Waals surface area contributed by atoms with E-state index in [0.717, 1.165) is 82.4 Å². The number of aryl methyl sites for hydroxylation is 2. The Morgan fingerprint density at radius 1 is 0.722 bits per heavy atom. The Morgan fingerprint density at radius 2 is 1.47 bits per heavy atom.